The molecule has 0 unspecified atom stereocenters. The third-order valence-electron chi connectivity index (χ3n) is 1.98. The molecule has 0 bridgehead atoms. The molecule has 0 aromatic carbocycles. The Labute approximate surface area is 63.9 Å². The van der Waals surface area contributed by atoms with Crippen molar-refractivity contribution in [3.63, 3.8) is 0 Å². The van der Waals surface area contributed by atoms with Crippen molar-refractivity contribution in [2.45, 2.75) is 45.7 Å². The lowest BCUT2D eigenvalue weighted by atomic mass is 9.87. The number of hydrogen-bond acceptors (Lipinski definition) is 2. The van der Waals surface area contributed by atoms with Crippen LogP contribution in [-0.2, 0) is 4.65 Å². The Kier molecular flexibility index (Phi) is 2.92. The fourth-order valence-electron chi connectivity index (χ4n) is 0.537. The van der Waals surface area contributed by atoms with E-state index in [1.54, 1.807) is 13.8 Å². The molecule has 0 fully saturated rings. The summed E-state index contributed by atoms with van der Waals surface area (Å²) in [5.74, 6) is 0. The van der Waals surface area contributed by atoms with Gasteiger partial charge in [0.25, 0.3) is 7.48 Å². The molecule has 3 heteroatoms. The monoisotopic (exact) mass is 144 g/mol. The Bertz CT molecular complexity index is 105. The number of aliphatic hydroxyl groups is 1. The number of rotatable bonds is 3. The van der Waals surface area contributed by atoms with Gasteiger partial charge in [-0.2, -0.15) is 0 Å². The van der Waals surface area contributed by atoms with E-state index in [0.717, 1.165) is 0 Å². The van der Waals surface area contributed by atoms with Gasteiger partial charge in [0, 0.05) is 0 Å². The van der Waals surface area contributed by atoms with Gasteiger partial charge in [-0.05, 0) is 27.7 Å². The molecule has 0 heterocycles. The molecule has 0 saturated heterocycles. The van der Waals surface area contributed by atoms with E-state index in [0.29, 0.717) is 7.48 Å². The van der Waals surface area contributed by atoms with Crippen molar-refractivity contribution in [1.29, 1.82) is 0 Å². The summed E-state index contributed by atoms with van der Waals surface area (Å²) in [7, 11) is 0.636. The van der Waals surface area contributed by atoms with Crippen molar-refractivity contribution < 1.29 is 9.76 Å². The Balaban J connectivity index is 4.10. The van der Waals surface area contributed by atoms with Gasteiger partial charge >= 0.3 is 0 Å². The predicted molar refractivity (Wildman–Crippen MR) is 44.5 cm³/mol. The summed E-state index contributed by atoms with van der Waals surface area (Å²) in [6.07, 6.45) is 0. The van der Waals surface area contributed by atoms with Crippen LogP contribution in [0.3, 0.4) is 0 Å². The summed E-state index contributed by atoms with van der Waals surface area (Å²) in [6, 6.07) is 0. The summed E-state index contributed by atoms with van der Waals surface area (Å²) in [6.45, 7) is 9.20. The highest BCUT2D eigenvalue weighted by Crippen LogP contribution is 2.23. The lowest BCUT2D eigenvalue weighted by molar-refractivity contribution is -0.0899. The third kappa shape index (κ3) is 2.31. The average Bonchev–Trinajstić information content (AvgIpc) is 1.61. The molecule has 0 atom stereocenters. The van der Waals surface area contributed by atoms with E-state index in [1.807, 2.05) is 20.7 Å². The van der Waals surface area contributed by atoms with Gasteiger partial charge in [0.15, 0.2) is 0 Å². The molecule has 0 amide bonds. The zero-order valence-electron chi connectivity index (χ0n) is 7.56. The van der Waals surface area contributed by atoms with Crippen LogP contribution in [0, 0.1) is 0 Å². The van der Waals surface area contributed by atoms with Gasteiger partial charge in [-0.3, -0.25) is 0 Å². The highest BCUT2D eigenvalue weighted by atomic mass is 16.5. The van der Waals surface area contributed by atoms with Gasteiger partial charge in [0.2, 0.25) is 0 Å². The first-order valence-corrected chi connectivity index (χ1v) is 3.67. The molecule has 0 aliphatic heterocycles. The fraction of sp³-hybridized carbons (Fsp3) is 1.00. The minimum atomic E-state index is -0.775. The molecule has 0 aliphatic rings. The second-order valence-corrected chi connectivity index (χ2v) is 3.50. The normalized spacial score (nSPS) is 13.4. The van der Waals surface area contributed by atoms with Crippen LogP contribution < -0.4 is 0 Å². The van der Waals surface area contributed by atoms with Crippen molar-refractivity contribution in [1.82, 2.24) is 0 Å². The van der Waals surface area contributed by atoms with E-state index < -0.39 is 11.2 Å². The van der Waals surface area contributed by atoms with Crippen molar-refractivity contribution in [3.05, 3.63) is 0 Å². The largest absolute Gasteiger partial charge is 0.432 e. The second-order valence-electron chi connectivity index (χ2n) is 3.50. The van der Waals surface area contributed by atoms with Crippen LogP contribution >= 0.6 is 0 Å². The van der Waals surface area contributed by atoms with Crippen LogP contribution in [0.5, 0.6) is 0 Å². The number of hydrogen-bond donors (Lipinski definition) is 1. The predicted octanol–water partition coefficient (Wildman–Crippen LogP) is 0.952. The third-order valence-corrected chi connectivity index (χ3v) is 1.98. The average molecular weight is 144 g/mol. The van der Waals surface area contributed by atoms with E-state index >= 15 is 0 Å². The Hall–Kier alpha value is -0.0151. The van der Waals surface area contributed by atoms with Crippen LogP contribution in [0.2, 0.25) is 6.82 Å². The van der Waals surface area contributed by atoms with Crippen LogP contribution in [0.25, 0.3) is 0 Å². The lowest BCUT2D eigenvalue weighted by Crippen LogP contribution is -2.47. The molecular formula is C7H17BO2. The topological polar surface area (TPSA) is 29.5 Å². The summed E-state index contributed by atoms with van der Waals surface area (Å²) in [4.78, 5) is 0. The molecule has 60 valence electrons. The van der Waals surface area contributed by atoms with E-state index in [-0.39, 0.29) is 0 Å². The first-order chi connectivity index (χ1) is 4.31. The van der Waals surface area contributed by atoms with Crippen molar-refractivity contribution >= 4 is 7.48 Å². The second kappa shape index (κ2) is 2.93. The smallest absolute Gasteiger partial charge is 0.272 e. The van der Waals surface area contributed by atoms with E-state index in [9.17, 15) is 5.11 Å². The molecule has 0 spiro atoms. The summed E-state index contributed by atoms with van der Waals surface area (Å²) < 4.78 is 5.34. The maximum absolute atomic E-state index is 9.55. The Morgan fingerprint density at radius 2 is 1.60 bits per heavy atom. The van der Waals surface area contributed by atoms with E-state index in [2.05, 4.69) is 0 Å². The standard InChI is InChI=1S/C7H17BO2/c1-6(2,9)7(3,4)10-8-5/h8-9H,1-5H3. The first kappa shape index (κ1) is 9.98. The van der Waals surface area contributed by atoms with Crippen molar-refractivity contribution in [2.75, 3.05) is 0 Å². The van der Waals surface area contributed by atoms with Gasteiger partial charge in [-0.25, -0.2) is 0 Å². The van der Waals surface area contributed by atoms with Gasteiger partial charge in [-0.15, -0.1) is 0 Å². The molecule has 0 radical (unpaired) electrons. The molecular weight excluding hydrogens is 127 g/mol. The van der Waals surface area contributed by atoms with Crippen LogP contribution in [-0.4, -0.2) is 23.8 Å². The van der Waals surface area contributed by atoms with Crippen LogP contribution in [0.1, 0.15) is 27.7 Å². The van der Waals surface area contributed by atoms with E-state index in [4.69, 9.17) is 4.65 Å². The zero-order valence-corrected chi connectivity index (χ0v) is 7.56. The van der Waals surface area contributed by atoms with Crippen molar-refractivity contribution in [2.24, 2.45) is 0 Å². The van der Waals surface area contributed by atoms with Gasteiger partial charge in [0.05, 0.1) is 11.2 Å². The molecule has 0 saturated carbocycles. The molecule has 10 heavy (non-hydrogen) atoms. The van der Waals surface area contributed by atoms with Crippen molar-refractivity contribution in [3.8, 4) is 0 Å². The van der Waals surface area contributed by atoms with Crippen LogP contribution in [0.15, 0.2) is 0 Å². The summed E-state index contributed by atoms with van der Waals surface area (Å²) in [5.41, 5.74) is -1.23. The first-order valence-electron chi connectivity index (χ1n) is 3.67. The molecule has 0 aromatic heterocycles. The minimum Gasteiger partial charge on any atom is -0.432 e. The zero-order chi connectivity index (χ0) is 8.41. The SMILES string of the molecule is CBOC(C)(C)C(C)(C)O. The maximum Gasteiger partial charge on any atom is 0.272 e. The molecule has 2 nitrogen and oxygen atoms in total. The van der Waals surface area contributed by atoms with Gasteiger partial charge < -0.3 is 9.76 Å². The molecule has 0 aromatic rings. The lowest BCUT2D eigenvalue weighted by Gasteiger charge is -2.37. The molecule has 0 aliphatic carbocycles. The quantitative estimate of drug-likeness (QED) is 0.597. The van der Waals surface area contributed by atoms with E-state index in [1.165, 1.54) is 0 Å². The summed E-state index contributed by atoms with van der Waals surface area (Å²) >= 11 is 0. The maximum atomic E-state index is 9.55. The molecule has 0 rings (SSSR count). The highest BCUT2D eigenvalue weighted by molar-refractivity contribution is 6.25. The fourth-order valence-corrected chi connectivity index (χ4v) is 0.537. The Morgan fingerprint density at radius 3 is 1.70 bits per heavy atom. The molecule has 1 N–H and O–H groups in total. The summed E-state index contributed by atoms with van der Waals surface area (Å²) in [5, 5.41) is 9.55. The van der Waals surface area contributed by atoms with Gasteiger partial charge in [-0.1, -0.05) is 6.82 Å². The Morgan fingerprint density at radius 1 is 1.20 bits per heavy atom. The minimum absolute atomic E-state index is 0.457. The van der Waals surface area contributed by atoms with Gasteiger partial charge in [0.1, 0.15) is 0 Å². The van der Waals surface area contributed by atoms with Crippen LogP contribution in [0.4, 0.5) is 0 Å². The highest BCUT2D eigenvalue weighted by Gasteiger charge is 2.34.